The summed E-state index contributed by atoms with van der Waals surface area (Å²) in [5.74, 6) is -0.862. The van der Waals surface area contributed by atoms with Crippen LogP contribution in [0.2, 0.25) is 0 Å². The van der Waals surface area contributed by atoms with Gasteiger partial charge in [-0.05, 0) is 6.42 Å². The highest BCUT2D eigenvalue weighted by atomic mass is 19.4. The Hall–Kier alpha value is -1.77. The first-order valence-electron chi connectivity index (χ1n) is 5.63. The predicted octanol–water partition coefficient (Wildman–Crippen LogP) is 0.597. The van der Waals surface area contributed by atoms with Crippen molar-refractivity contribution in [2.45, 2.75) is 32.0 Å². The van der Waals surface area contributed by atoms with Gasteiger partial charge < -0.3 is 16.2 Å². The van der Waals surface area contributed by atoms with E-state index in [2.05, 4.69) is 10.2 Å². The SMILES string of the molecule is CCCc1[nH]nc(C(=O)NCC(O)C(F)(F)F)c1N. The lowest BCUT2D eigenvalue weighted by Crippen LogP contribution is -2.40. The van der Waals surface area contributed by atoms with Gasteiger partial charge in [0.25, 0.3) is 5.91 Å². The van der Waals surface area contributed by atoms with Gasteiger partial charge in [0.05, 0.1) is 17.9 Å². The number of aliphatic hydroxyl groups excluding tert-OH is 1. The fourth-order valence-corrected chi connectivity index (χ4v) is 1.39. The fraction of sp³-hybridized carbons (Fsp3) is 0.600. The van der Waals surface area contributed by atoms with Crippen molar-refractivity contribution in [3.8, 4) is 0 Å². The molecule has 0 aliphatic heterocycles. The van der Waals surface area contributed by atoms with Crippen LogP contribution >= 0.6 is 0 Å². The molecule has 6 nitrogen and oxygen atoms in total. The highest BCUT2D eigenvalue weighted by Gasteiger charge is 2.38. The Labute approximate surface area is 107 Å². The summed E-state index contributed by atoms with van der Waals surface area (Å²) >= 11 is 0. The molecule has 1 rings (SSSR count). The molecule has 0 aliphatic carbocycles. The van der Waals surface area contributed by atoms with Crippen LogP contribution in [-0.2, 0) is 6.42 Å². The summed E-state index contributed by atoms with van der Waals surface area (Å²) < 4.78 is 36.1. The number of carbonyl (C=O) groups excluding carboxylic acids is 1. The zero-order chi connectivity index (χ0) is 14.6. The molecule has 1 amide bonds. The van der Waals surface area contributed by atoms with Crippen molar-refractivity contribution in [1.29, 1.82) is 0 Å². The van der Waals surface area contributed by atoms with Crippen molar-refractivity contribution in [1.82, 2.24) is 15.5 Å². The number of anilines is 1. The quantitative estimate of drug-likeness (QED) is 0.634. The van der Waals surface area contributed by atoms with Crippen LogP contribution in [-0.4, -0.2) is 40.0 Å². The lowest BCUT2D eigenvalue weighted by atomic mass is 10.2. The first-order chi connectivity index (χ1) is 8.77. The number of nitrogens with zero attached hydrogens (tertiary/aromatic N) is 1. The van der Waals surface area contributed by atoms with Crippen molar-refractivity contribution in [2.75, 3.05) is 12.3 Å². The minimum atomic E-state index is -4.78. The van der Waals surface area contributed by atoms with Crippen molar-refractivity contribution < 1.29 is 23.1 Å². The molecular weight excluding hydrogens is 265 g/mol. The Balaban J connectivity index is 2.64. The number of halogens is 3. The maximum atomic E-state index is 12.0. The molecule has 108 valence electrons. The van der Waals surface area contributed by atoms with Gasteiger partial charge in [-0.3, -0.25) is 9.89 Å². The van der Waals surface area contributed by atoms with E-state index in [4.69, 9.17) is 10.8 Å². The van der Waals surface area contributed by atoms with Gasteiger partial charge >= 0.3 is 6.18 Å². The van der Waals surface area contributed by atoms with E-state index in [1.807, 2.05) is 12.2 Å². The van der Waals surface area contributed by atoms with Gasteiger partial charge in [-0.25, -0.2) is 0 Å². The summed E-state index contributed by atoms with van der Waals surface area (Å²) in [5, 5.41) is 16.9. The van der Waals surface area contributed by atoms with E-state index < -0.39 is 24.7 Å². The summed E-state index contributed by atoms with van der Waals surface area (Å²) in [6.45, 7) is 0.956. The molecule has 9 heteroatoms. The number of hydrogen-bond donors (Lipinski definition) is 4. The number of nitrogen functional groups attached to an aromatic ring is 1. The van der Waals surface area contributed by atoms with Crippen LogP contribution in [0.15, 0.2) is 0 Å². The Morgan fingerprint density at radius 2 is 2.21 bits per heavy atom. The zero-order valence-corrected chi connectivity index (χ0v) is 10.2. The highest BCUT2D eigenvalue weighted by molar-refractivity contribution is 5.97. The normalized spacial score (nSPS) is 13.3. The Bertz CT molecular complexity index is 444. The molecule has 1 unspecified atom stereocenters. The standard InChI is InChI=1S/C10H15F3N4O2/c1-2-3-5-7(14)8(17-16-5)9(19)15-4-6(18)10(11,12)13/h6,18H,2-4,14H2,1H3,(H,15,19)(H,16,17). The number of amides is 1. The smallest absolute Gasteiger partial charge is 0.395 e. The van der Waals surface area contributed by atoms with Crippen LogP contribution in [0.3, 0.4) is 0 Å². The van der Waals surface area contributed by atoms with Crippen LogP contribution in [0, 0.1) is 0 Å². The molecule has 19 heavy (non-hydrogen) atoms. The molecule has 0 fully saturated rings. The van der Waals surface area contributed by atoms with Gasteiger partial charge in [0, 0.05) is 0 Å². The summed E-state index contributed by atoms with van der Waals surface area (Å²) in [7, 11) is 0. The molecule has 0 aliphatic rings. The van der Waals surface area contributed by atoms with Crippen LogP contribution in [0.1, 0.15) is 29.5 Å². The van der Waals surface area contributed by atoms with E-state index in [1.54, 1.807) is 0 Å². The Morgan fingerprint density at radius 1 is 1.58 bits per heavy atom. The minimum absolute atomic E-state index is 0.112. The first-order valence-corrected chi connectivity index (χ1v) is 5.63. The van der Waals surface area contributed by atoms with Gasteiger partial charge in [-0.15, -0.1) is 0 Å². The largest absolute Gasteiger partial charge is 0.416 e. The van der Waals surface area contributed by atoms with E-state index in [-0.39, 0.29) is 11.4 Å². The average Bonchev–Trinajstić information content (AvgIpc) is 2.67. The van der Waals surface area contributed by atoms with E-state index in [9.17, 15) is 18.0 Å². The summed E-state index contributed by atoms with van der Waals surface area (Å²) in [4.78, 5) is 11.6. The van der Waals surface area contributed by atoms with E-state index >= 15 is 0 Å². The van der Waals surface area contributed by atoms with E-state index in [1.165, 1.54) is 0 Å². The predicted molar refractivity (Wildman–Crippen MR) is 61.4 cm³/mol. The number of alkyl halides is 3. The number of aliphatic hydroxyl groups is 1. The number of aromatic nitrogens is 2. The van der Waals surface area contributed by atoms with Gasteiger partial charge in [0.15, 0.2) is 11.8 Å². The second-order valence-electron chi connectivity index (χ2n) is 3.98. The molecule has 0 aromatic carbocycles. The van der Waals surface area contributed by atoms with E-state index in [0.717, 1.165) is 6.42 Å². The molecule has 1 heterocycles. The molecule has 0 spiro atoms. The molecule has 0 radical (unpaired) electrons. The third-order valence-electron chi connectivity index (χ3n) is 2.43. The topological polar surface area (TPSA) is 104 Å². The van der Waals surface area contributed by atoms with Crippen molar-refractivity contribution >= 4 is 11.6 Å². The van der Waals surface area contributed by atoms with Crippen molar-refractivity contribution in [2.24, 2.45) is 0 Å². The van der Waals surface area contributed by atoms with Crippen LogP contribution in [0.5, 0.6) is 0 Å². The van der Waals surface area contributed by atoms with Gasteiger partial charge in [0.2, 0.25) is 0 Å². The first kappa shape index (κ1) is 15.3. The zero-order valence-electron chi connectivity index (χ0n) is 10.2. The number of nitrogens with one attached hydrogen (secondary N) is 2. The van der Waals surface area contributed by atoms with Crippen molar-refractivity contribution in [3.05, 3.63) is 11.4 Å². The van der Waals surface area contributed by atoms with Crippen molar-refractivity contribution in [3.63, 3.8) is 0 Å². The third-order valence-corrected chi connectivity index (χ3v) is 2.43. The second kappa shape index (κ2) is 5.91. The number of nitrogens with two attached hydrogens (primary N) is 1. The molecule has 0 saturated heterocycles. The number of hydrogen-bond acceptors (Lipinski definition) is 4. The number of aryl methyl sites for hydroxylation is 1. The monoisotopic (exact) mass is 280 g/mol. The lowest BCUT2D eigenvalue weighted by molar-refractivity contribution is -0.201. The lowest BCUT2D eigenvalue weighted by Gasteiger charge is -2.14. The third kappa shape index (κ3) is 3.85. The van der Waals surface area contributed by atoms with Gasteiger partial charge in [0.1, 0.15) is 0 Å². The molecular formula is C10H15F3N4O2. The summed E-state index contributed by atoms with van der Waals surface area (Å²) in [6.07, 6.45) is -6.04. The Morgan fingerprint density at radius 3 is 2.74 bits per heavy atom. The number of rotatable bonds is 5. The number of carbonyl (C=O) groups is 1. The van der Waals surface area contributed by atoms with E-state index in [0.29, 0.717) is 12.1 Å². The minimum Gasteiger partial charge on any atom is -0.395 e. The molecule has 5 N–H and O–H groups in total. The Kier molecular flexibility index (Phi) is 4.76. The molecule has 1 aromatic rings. The average molecular weight is 280 g/mol. The second-order valence-corrected chi connectivity index (χ2v) is 3.98. The highest BCUT2D eigenvalue weighted by Crippen LogP contribution is 2.20. The van der Waals surface area contributed by atoms with Gasteiger partial charge in [-0.1, -0.05) is 13.3 Å². The number of aromatic amines is 1. The molecule has 1 atom stereocenters. The molecule has 1 aromatic heterocycles. The number of H-pyrrole nitrogens is 1. The summed E-state index contributed by atoms with van der Waals surface area (Å²) in [6, 6.07) is 0. The van der Waals surface area contributed by atoms with Gasteiger partial charge in [-0.2, -0.15) is 18.3 Å². The maximum absolute atomic E-state index is 12.0. The molecule has 0 saturated carbocycles. The maximum Gasteiger partial charge on any atom is 0.416 e. The van der Waals surface area contributed by atoms with Crippen LogP contribution in [0.4, 0.5) is 18.9 Å². The molecule has 0 bridgehead atoms. The van der Waals surface area contributed by atoms with Crippen LogP contribution < -0.4 is 11.1 Å². The fourth-order valence-electron chi connectivity index (χ4n) is 1.39. The summed E-state index contributed by atoms with van der Waals surface area (Å²) in [5.41, 5.74) is 6.15. The van der Waals surface area contributed by atoms with Crippen LogP contribution in [0.25, 0.3) is 0 Å².